The van der Waals surface area contributed by atoms with Crippen molar-refractivity contribution >= 4 is 40.7 Å². The fraction of sp³-hybridized carbons (Fsp3) is 0.105. The van der Waals surface area contributed by atoms with E-state index in [2.05, 4.69) is 20.6 Å². The highest BCUT2D eigenvalue weighted by Gasteiger charge is 2.07. The van der Waals surface area contributed by atoms with Crippen LogP contribution in [0.4, 0.5) is 23.1 Å². The number of anilines is 4. The first-order valence-electron chi connectivity index (χ1n) is 7.90. The lowest BCUT2D eigenvalue weighted by Crippen LogP contribution is -2.03. The van der Waals surface area contributed by atoms with E-state index in [0.29, 0.717) is 22.5 Å². The maximum atomic E-state index is 11.1. The smallest absolute Gasteiger partial charge is 0.335 e. The van der Waals surface area contributed by atoms with Gasteiger partial charge >= 0.3 is 5.97 Å². The average Bonchev–Trinajstić information content (AvgIpc) is 2.58. The molecule has 0 saturated heterocycles. The van der Waals surface area contributed by atoms with Crippen LogP contribution in [0.3, 0.4) is 0 Å². The van der Waals surface area contributed by atoms with E-state index in [9.17, 15) is 4.79 Å². The highest BCUT2D eigenvalue weighted by molar-refractivity contribution is 6.31. The number of halogens is 1. The third-order valence-corrected chi connectivity index (χ3v) is 4.07. The SMILES string of the molecule is Cc1cc(Nc2cccc(C(=O)O)c2)nc(Nc2ccc(C)c(Cl)c2)n1. The molecular weight excluding hydrogens is 352 g/mol. The fourth-order valence-corrected chi connectivity index (χ4v) is 2.55. The number of carboxylic acids is 1. The maximum absolute atomic E-state index is 11.1. The third-order valence-electron chi connectivity index (χ3n) is 3.66. The van der Waals surface area contributed by atoms with Gasteiger partial charge in [-0.1, -0.05) is 23.7 Å². The van der Waals surface area contributed by atoms with E-state index in [1.165, 1.54) is 6.07 Å². The lowest BCUT2D eigenvalue weighted by molar-refractivity contribution is 0.0697. The fourth-order valence-electron chi connectivity index (χ4n) is 2.37. The molecule has 0 spiro atoms. The van der Waals surface area contributed by atoms with Gasteiger partial charge in [0.25, 0.3) is 0 Å². The molecule has 0 bridgehead atoms. The van der Waals surface area contributed by atoms with Crippen molar-refractivity contribution in [2.24, 2.45) is 0 Å². The minimum atomic E-state index is -0.980. The highest BCUT2D eigenvalue weighted by atomic mass is 35.5. The first-order chi connectivity index (χ1) is 12.4. The van der Waals surface area contributed by atoms with Crippen molar-refractivity contribution in [3.8, 4) is 0 Å². The molecule has 2 aromatic carbocycles. The van der Waals surface area contributed by atoms with Crippen LogP contribution < -0.4 is 10.6 Å². The number of nitrogens with one attached hydrogen (secondary N) is 2. The van der Waals surface area contributed by atoms with E-state index in [-0.39, 0.29) is 5.56 Å². The number of aryl methyl sites for hydroxylation is 2. The Morgan fingerprint density at radius 3 is 2.50 bits per heavy atom. The van der Waals surface area contributed by atoms with Gasteiger partial charge in [-0.15, -0.1) is 0 Å². The Kier molecular flexibility index (Phi) is 5.04. The topological polar surface area (TPSA) is 87.1 Å². The number of aromatic nitrogens is 2. The summed E-state index contributed by atoms with van der Waals surface area (Å²) < 4.78 is 0. The number of carbonyl (C=O) groups is 1. The van der Waals surface area contributed by atoms with Crippen molar-refractivity contribution < 1.29 is 9.90 Å². The van der Waals surface area contributed by atoms with Crippen molar-refractivity contribution in [1.29, 1.82) is 0 Å². The number of nitrogens with zero attached hydrogens (tertiary/aromatic N) is 2. The summed E-state index contributed by atoms with van der Waals surface area (Å²) in [6.07, 6.45) is 0. The molecule has 3 aromatic rings. The summed E-state index contributed by atoms with van der Waals surface area (Å²) in [5.74, 6) is -0.00585. The van der Waals surface area contributed by atoms with Gasteiger partial charge in [-0.2, -0.15) is 4.98 Å². The number of rotatable bonds is 5. The Morgan fingerprint density at radius 1 is 1.00 bits per heavy atom. The molecule has 1 heterocycles. The van der Waals surface area contributed by atoms with Crippen molar-refractivity contribution in [3.63, 3.8) is 0 Å². The summed E-state index contributed by atoms with van der Waals surface area (Å²) in [5, 5.41) is 16.0. The normalized spacial score (nSPS) is 10.4. The highest BCUT2D eigenvalue weighted by Crippen LogP contribution is 2.23. The van der Waals surface area contributed by atoms with E-state index in [1.807, 2.05) is 32.0 Å². The summed E-state index contributed by atoms with van der Waals surface area (Å²) in [5.41, 5.74) is 3.37. The van der Waals surface area contributed by atoms with Gasteiger partial charge in [-0.3, -0.25) is 0 Å². The summed E-state index contributed by atoms with van der Waals surface area (Å²) in [6, 6.07) is 13.9. The lowest BCUT2D eigenvalue weighted by Gasteiger charge is -2.11. The second kappa shape index (κ2) is 7.41. The molecule has 0 fully saturated rings. The molecule has 1 aromatic heterocycles. The molecule has 3 N–H and O–H groups in total. The molecule has 26 heavy (non-hydrogen) atoms. The number of hydrogen-bond donors (Lipinski definition) is 3. The molecule has 0 aliphatic rings. The first kappa shape index (κ1) is 17.7. The van der Waals surface area contributed by atoms with E-state index in [0.717, 1.165) is 16.9 Å². The van der Waals surface area contributed by atoms with Crippen LogP contribution in [0.25, 0.3) is 0 Å². The monoisotopic (exact) mass is 368 g/mol. The van der Waals surface area contributed by atoms with E-state index in [4.69, 9.17) is 16.7 Å². The Morgan fingerprint density at radius 2 is 1.77 bits per heavy atom. The molecule has 3 rings (SSSR count). The summed E-state index contributed by atoms with van der Waals surface area (Å²) in [4.78, 5) is 19.9. The number of hydrogen-bond acceptors (Lipinski definition) is 5. The number of carboxylic acid groups (broad SMARTS) is 1. The van der Waals surface area contributed by atoms with Gasteiger partial charge in [0, 0.05) is 28.2 Å². The molecule has 7 heteroatoms. The minimum Gasteiger partial charge on any atom is -0.478 e. The predicted molar refractivity (Wildman–Crippen MR) is 103 cm³/mol. The van der Waals surface area contributed by atoms with Crippen LogP contribution in [0.1, 0.15) is 21.6 Å². The second-order valence-electron chi connectivity index (χ2n) is 5.82. The third kappa shape index (κ3) is 4.29. The molecule has 0 amide bonds. The number of benzene rings is 2. The molecule has 132 valence electrons. The van der Waals surface area contributed by atoms with Gasteiger partial charge in [0.15, 0.2) is 0 Å². The lowest BCUT2D eigenvalue weighted by atomic mass is 10.2. The zero-order valence-corrected chi connectivity index (χ0v) is 15.0. The van der Waals surface area contributed by atoms with Gasteiger partial charge < -0.3 is 15.7 Å². The quantitative estimate of drug-likeness (QED) is 0.591. The van der Waals surface area contributed by atoms with Crippen LogP contribution >= 0.6 is 11.6 Å². The molecule has 0 atom stereocenters. The summed E-state index contributed by atoms with van der Waals surface area (Å²) in [7, 11) is 0. The largest absolute Gasteiger partial charge is 0.478 e. The van der Waals surface area contributed by atoms with Gasteiger partial charge in [0.05, 0.1) is 5.56 Å². The van der Waals surface area contributed by atoms with Crippen LogP contribution in [0.5, 0.6) is 0 Å². The van der Waals surface area contributed by atoms with Gasteiger partial charge in [0.2, 0.25) is 5.95 Å². The zero-order chi connectivity index (χ0) is 18.7. The summed E-state index contributed by atoms with van der Waals surface area (Å²) >= 11 is 6.15. The molecule has 0 radical (unpaired) electrons. The second-order valence-corrected chi connectivity index (χ2v) is 6.23. The Hall–Kier alpha value is -3.12. The van der Waals surface area contributed by atoms with Crippen molar-refractivity contribution in [2.75, 3.05) is 10.6 Å². The standard InChI is InChI=1S/C19H17ClN4O2/c1-11-6-7-15(10-16(11)20)23-19-21-12(2)8-17(24-19)22-14-5-3-4-13(9-14)18(25)26/h3-10H,1-2H3,(H,25,26)(H2,21,22,23,24). The molecule has 0 saturated carbocycles. The van der Waals surface area contributed by atoms with Crippen LogP contribution in [-0.2, 0) is 0 Å². The molecule has 0 aliphatic carbocycles. The number of aromatic carboxylic acids is 1. The van der Waals surface area contributed by atoms with Crippen molar-refractivity contribution in [3.05, 3.63) is 70.4 Å². The minimum absolute atomic E-state index is 0.202. The van der Waals surface area contributed by atoms with Crippen molar-refractivity contribution in [1.82, 2.24) is 9.97 Å². The van der Waals surface area contributed by atoms with E-state index >= 15 is 0 Å². The van der Waals surface area contributed by atoms with Crippen LogP contribution in [0.15, 0.2) is 48.5 Å². The molecular formula is C19H17ClN4O2. The Bertz CT molecular complexity index is 976. The first-order valence-corrected chi connectivity index (χ1v) is 8.28. The zero-order valence-electron chi connectivity index (χ0n) is 14.2. The van der Waals surface area contributed by atoms with Crippen LogP contribution in [0, 0.1) is 13.8 Å². The Balaban J connectivity index is 1.84. The van der Waals surface area contributed by atoms with E-state index < -0.39 is 5.97 Å². The summed E-state index contributed by atoms with van der Waals surface area (Å²) in [6.45, 7) is 3.79. The predicted octanol–water partition coefficient (Wildman–Crippen LogP) is 4.93. The average molecular weight is 369 g/mol. The van der Waals surface area contributed by atoms with Crippen molar-refractivity contribution in [2.45, 2.75) is 13.8 Å². The van der Waals surface area contributed by atoms with Crippen LogP contribution in [-0.4, -0.2) is 21.0 Å². The molecule has 0 unspecified atom stereocenters. The van der Waals surface area contributed by atoms with Gasteiger partial charge in [-0.05, 0) is 49.7 Å². The maximum Gasteiger partial charge on any atom is 0.335 e. The van der Waals surface area contributed by atoms with Gasteiger partial charge in [0.1, 0.15) is 5.82 Å². The molecule has 0 aliphatic heterocycles. The Labute approximate surface area is 155 Å². The van der Waals surface area contributed by atoms with E-state index in [1.54, 1.807) is 24.3 Å². The van der Waals surface area contributed by atoms with Gasteiger partial charge in [-0.25, -0.2) is 9.78 Å². The van der Waals surface area contributed by atoms with Crippen LogP contribution in [0.2, 0.25) is 5.02 Å². The molecule has 6 nitrogen and oxygen atoms in total.